The minimum absolute atomic E-state index is 0.260. The number of fused-ring (bicyclic) bond motifs is 2. The Morgan fingerprint density at radius 3 is 2.58 bits per heavy atom. The highest BCUT2D eigenvalue weighted by Gasteiger charge is 2.56. The molecular formula is C22H33BrN4O4. The van der Waals surface area contributed by atoms with Gasteiger partial charge in [0.1, 0.15) is 23.2 Å². The van der Waals surface area contributed by atoms with Gasteiger partial charge in [0, 0.05) is 6.04 Å². The number of ether oxygens (including phenoxy) is 1. The Balaban J connectivity index is 1.59. The van der Waals surface area contributed by atoms with Crippen LogP contribution in [-0.2, 0) is 20.9 Å². The molecule has 0 aliphatic heterocycles. The fraction of sp³-hybridized carbons (Fsp3) is 0.727. The van der Waals surface area contributed by atoms with Crippen molar-refractivity contribution in [2.24, 2.45) is 23.2 Å². The second-order valence-electron chi connectivity index (χ2n) is 10.4. The quantitative estimate of drug-likeness (QED) is 0.586. The van der Waals surface area contributed by atoms with E-state index in [0.717, 1.165) is 11.1 Å². The van der Waals surface area contributed by atoms with Crippen molar-refractivity contribution in [2.45, 2.75) is 72.6 Å². The van der Waals surface area contributed by atoms with Crippen molar-refractivity contribution in [3.05, 3.63) is 21.0 Å². The number of hydrogen-bond acceptors (Lipinski definition) is 6. The zero-order chi connectivity index (χ0) is 23.1. The van der Waals surface area contributed by atoms with Gasteiger partial charge in [-0.05, 0) is 72.7 Å². The normalized spacial score (nSPS) is 26.5. The van der Waals surface area contributed by atoms with Gasteiger partial charge in [-0.15, -0.1) is 0 Å². The molecule has 2 N–H and O–H groups in total. The Hall–Kier alpha value is -1.90. The summed E-state index contributed by atoms with van der Waals surface area (Å²) in [5.74, 6) is 0.866. The van der Waals surface area contributed by atoms with Gasteiger partial charge in [-0.2, -0.15) is 5.10 Å². The van der Waals surface area contributed by atoms with Gasteiger partial charge in [0.25, 0.3) is 5.56 Å². The van der Waals surface area contributed by atoms with E-state index in [1.807, 2.05) is 0 Å². The van der Waals surface area contributed by atoms with Crippen LogP contribution in [0, 0.1) is 23.2 Å². The number of halogens is 1. The first-order valence-corrected chi connectivity index (χ1v) is 11.6. The van der Waals surface area contributed by atoms with E-state index in [4.69, 9.17) is 4.74 Å². The molecule has 31 heavy (non-hydrogen) atoms. The number of nitrogens with zero attached hydrogens (tertiary/aromatic N) is 2. The van der Waals surface area contributed by atoms with Crippen LogP contribution in [0.2, 0.25) is 0 Å². The Bertz CT molecular complexity index is 921. The van der Waals surface area contributed by atoms with Gasteiger partial charge in [-0.25, -0.2) is 4.68 Å². The fourth-order valence-corrected chi connectivity index (χ4v) is 5.38. The number of nitrogens with one attached hydrogen (secondary N) is 2. The maximum Gasteiger partial charge on any atom is 0.325 e. The van der Waals surface area contributed by atoms with Crippen LogP contribution in [0.3, 0.4) is 0 Å². The minimum atomic E-state index is -0.625. The van der Waals surface area contributed by atoms with E-state index in [2.05, 4.69) is 52.4 Å². The highest BCUT2D eigenvalue weighted by atomic mass is 79.9. The third-order valence-corrected chi connectivity index (χ3v) is 7.59. The Morgan fingerprint density at radius 2 is 2.00 bits per heavy atom. The highest BCUT2D eigenvalue weighted by Crippen LogP contribution is 2.61. The second-order valence-corrected chi connectivity index (χ2v) is 11.2. The molecular weight excluding hydrogens is 464 g/mol. The predicted molar refractivity (Wildman–Crippen MR) is 122 cm³/mol. The van der Waals surface area contributed by atoms with Crippen molar-refractivity contribution < 1.29 is 14.3 Å². The van der Waals surface area contributed by atoms with Crippen molar-refractivity contribution in [1.29, 1.82) is 0 Å². The van der Waals surface area contributed by atoms with Gasteiger partial charge < -0.3 is 15.4 Å². The van der Waals surface area contributed by atoms with Crippen LogP contribution in [0.1, 0.15) is 54.4 Å². The molecule has 4 rings (SSSR count). The summed E-state index contributed by atoms with van der Waals surface area (Å²) in [6, 6.07) is 0.294. The average molecular weight is 497 g/mol. The van der Waals surface area contributed by atoms with Crippen LogP contribution < -0.4 is 16.2 Å². The fourth-order valence-electron chi connectivity index (χ4n) is 4.96. The van der Waals surface area contributed by atoms with E-state index < -0.39 is 23.0 Å². The lowest BCUT2D eigenvalue weighted by atomic mass is 9.45. The summed E-state index contributed by atoms with van der Waals surface area (Å²) >= 11 is 3.37. The molecule has 0 unspecified atom stereocenters. The maximum atomic E-state index is 12.7. The number of esters is 1. The van der Waals surface area contributed by atoms with Crippen molar-refractivity contribution in [3.8, 4) is 0 Å². The summed E-state index contributed by atoms with van der Waals surface area (Å²) in [6.07, 6.45) is 3.93. The third kappa shape index (κ3) is 5.13. The summed E-state index contributed by atoms with van der Waals surface area (Å²) in [5.41, 5.74) is 0.0150. The lowest BCUT2D eigenvalue weighted by Crippen LogP contribution is -2.58. The van der Waals surface area contributed by atoms with E-state index in [1.54, 1.807) is 27.0 Å². The highest BCUT2D eigenvalue weighted by molar-refractivity contribution is 9.10. The molecule has 0 aromatic carbocycles. The molecule has 1 heterocycles. The SMILES string of the molecule is C[C@@H]1[C@H]2C[C@@H](C[C@H]1Nc1cnn(CC(=O)NCC(=O)OC(C)(C)C)c(=O)c1Br)C2(C)C. The first-order valence-electron chi connectivity index (χ1n) is 10.8. The standard InChI is InChI=1S/C22H33BrN4O4/c1-12-14-7-13(22(14,5)6)8-15(12)26-16-9-25-27(20(30)19(16)23)11-17(28)24-10-18(29)31-21(2,3)4/h9,12-15,26H,7-8,10-11H2,1-6H3,(H,24,28)/t12-,13+,14-,15-/m1/s1. The van der Waals surface area contributed by atoms with Gasteiger partial charge in [0.2, 0.25) is 5.91 Å². The predicted octanol–water partition coefficient (Wildman–Crippen LogP) is 2.95. The van der Waals surface area contributed by atoms with Gasteiger partial charge in [0.15, 0.2) is 0 Å². The van der Waals surface area contributed by atoms with E-state index in [0.29, 0.717) is 39.4 Å². The molecule has 3 fully saturated rings. The average Bonchev–Trinajstić information content (AvgIpc) is 2.65. The lowest BCUT2D eigenvalue weighted by Gasteiger charge is -2.62. The summed E-state index contributed by atoms with van der Waals surface area (Å²) in [5, 5.41) is 10.1. The molecule has 1 aromatic heterocycles. The smallest absolute Gasteiger partial charge is 0.325 e. The van der Waals surface area contributed by atoms with Crippen LogP contribution in [0.25, 0.3) is 0 Å². The first-order chi connectivity index (χ1) is 14.3. The second kappa shape index (κ2) is 8.56. The monoisotopic (exact) mass is 496 g/mol. The van der Waals surface area contributed by atoms with Crippen molar-refractivity contribution >= 4 is 33.5 Å². The van der Waals surface area contributed by atoms with Crippen molar-refractivity contribution in [2.75, 3.05) is 11.9 Å². The molecule has 0 radical (unpaired) electrons. The van der Waals surface area contributed by atoms with E-state index in [9.17, 15) is 14.4 Å². The first kappa shape index (κ1) is 23.8. The summed E-state index contributed by atoms with van der Waals surface area (Å²) < 4.78 is 6.58. The largest absolute Gasteiger partial charge is 0.459 e. The molecule has 1 amide bonds. The van der Waals surface area contributed by atoms with Crippen LogP contribution in [0.5, 0.6) is 0 Å². The van der Waals surface area contributed by atoms with Crippen molar-refractivity contribution in [1.82, 2.24) is 15.1 Å². The lowest BCUT2D eigenvalue weighted by molar-refractivity contribution is -0.154. The zero-order valence-corrected chi connectivity index (χ0v) is 20.7. The van der Waals surface area contributed by atoms with Gasteiger partial charge >= 0.3 is 5.97 Å². The molecule has 3 aliphatic carbocycles. The molecule has 9 heteroatoms. The van der Waals surface area contributed by atoms with Crippen LogP contribution >= 0.6 is 15.9 Å². The maximum absolute atomic E-state index is 12.7. The van der Waals surface area contributed by atoms with Gasteiger partial charge in [0.05, 0.1) is 11.9 Å². The van der Waals surface area contributed by atoms with Crippen molar-refractivity contribution in [3.63, 3.8) is 0 Å². The van der Waals surface area contributed by atoms with Gasteiger partial charge in [-0.3, -0.25) is 14.4 Å². The number of amides is 1. The number of anilines is 1. The molecule has 172 valence electrons. The Labute approximate surface area is 191 Å². The van der Waals surface area contributed by atoms with Crippen LogP contribution in [-0.4, -0.2) is 39.8 Å². The minimum Gasteiger partial charge on any atom is -0.459 e. The summed E-state index contributed by atoms with van der Waals surface area (Å²) in [6.45, 7) is 11.7. The van der Waals surface area contributed by atoms with Crippen LogP contribution in [0.15, 0.2) is 15.5 Å². The molecule has 2 bridgehead atoms. The number of carbonyl (C=O) groups is 2. The number of carbonyl (C=O) groups excluding carboxylic acids is 2. The molecule has 4 atom stereocenters. The topological polar surface area (TPSA) is 102 Å². The molecule has 0 saturated heterocycles. The molecule has 3 saturated carbocycles. The molecule has 8 nitrogen and oxygen atoms in total. The zero-order valence-electron chi connectivity index (χ0n) is 19.1. The van der Waals surface area contributed by atoms with Gasteiger partial charge in [-0.1, -0.05) is 20.8 Å². The Kier molecular flexibility index (Phi) is 6.56. The number of rotatable bonds is 6. The van der Waals surface area contributed by atoms with Crippen LogP contribution in [0.4, 0.5) is 5.69 Å². The Morgan fingerprint density at radius 1 is 1.32 bits per heavy atom. The summed E-state index contributed by atoms with van der Waals surface area (Å²) in [7, 11) is 0. The van der Waals surface area contributed by atoms with E-state index >= 15 is 0 Å². The molecule has 1 aromatic rings. The molecule has 3 aliphatic rings. The number of aromatic nitrogens is 2. The van der Waals surface area contributed by atoms with E-state index in [-0.39, 0.29) is 13.1 Å². The van der Waals surface area contributed by atoms with E-state index in [1.165, 1.54) is 6.42 Å². The third-order valence-electron chi connectivity index (χ3n) is 6.82. The number of hydrogen-bond donors (Lipinski definition) is 2. The summed E-state index contributed by atoms with van der Waals surface area (Å²) in [4.78, 5) is 36.6. The molecule has 0 spiro atoms.